The van der Waals surface area contributed by atoms with Gasteiger partial charge in [-0.1, -0.05) is 24.4 Å². The number of aryl methyl sites for hydroxylation is 1. The molecule has 2 aromatic rings. The van der Waals surface area contributed by atoms with Crippen LogP contribution in [-0.2, 0) is 6.54 Å². The van der Waals surface area contributed by atoms with Gasteiger partial charge in [0.25, 0.3) is 0 Å². The molecular formula is C13H14N2S2. The van der Waals surface area contributed by atoms with Crippen molar-refractivity contribution < 1.29 is 0 Å². The minimum Gasteiger partial charge on any atom is -0.389 e. The zero-order valence-electron chi connectivity index (χ0n) is 9.57. The third kappa shape index (κ3) is 3.05. The Labute approximate surface area is 110 Å². The van der Waals surface area contributed by atoms with Crippen LogP contribution in [0.1, 0.15) is 15.3 Å². The minimum atomic E-state index is 0.426. The molecule has 0 aliphatic heterocycles. The van der Waals surface area contributed by atoms with Crippen LogP contribution in [0.15, 0.2) is 36.4 Å². The van der Waals surface area contributed by atoms with E-state index >= 15 is 0 Å². The lowest BCUT2D eigenvalue weighted by Crippen LogP contribution is -2.12. The summed E-state index contributed by atoms with van der Waals surface area (Å²) in [5.41, 5.74) is 7.57. The van der Waals surface area contributed by atoms with Crippen LogP contribution in [0, 0.1) is 6.92 Å². The lowest BCUT2D eigenvalue weighted by Gasteiger charge is -2.09. The topological polar surface area (TPSA) is 38.0 Å². The summed E-state index contributed by atoms with van der Waals surface area (Å²) in [6, 6.07) is 12.1. The largest absolute Gasteiger partial charge is 0.389 e. The smallest absolute Gasteiger partial charge is 0.106 e. The summed E-state index contributed by atoms with van der Waals surface area (Å²) in [6.07, 6.45) is 0. The van der Waals surface area contributed by atoms with E-state index in [1.807, 2.05) is 24.3 Å². The van der Waals surface area contributed by atoms with Crippen LogP contribution in [-0.4, -0.2) is 4.99 Å². The fourth-order valence-corrected chi connectivity index (χ4v) is 2.62. The highest BCUT2D eigenvalue weighted by molar-refractivity contribution is 7.80. The van der Waals surface area contributed by atoms with Gasteiger partial charge in [0.15, 0.2) is 0 Å². The molecule has 0 amide bonds. The molecule has 0 spiro atoms. The van der Waals surface area contributed by atoms with E-state index in [1.165, 1.54) is 9.75 Å². The molecule has 1 heterocycles. The second-order valence-electron chi connectivity index (χ2n) is 3.78. The molecule has 1 aromatic heterocycles. The summed E-state index contributed by atoms with van der Waals surface area (Å²) in [5.74, 6) is 0. The van der Waals surface area contributed by atoms with Crippen LogP contribution in [0.2, 0.25) is 0 Å². The number of thiocarbonyl (C=S) groups is 1. The van der Waals surface area contributed by atoms with E-state index < -0.39 is 0 Å². The lowest BCUT2D eigenvalue weighted by atomic mass is 10.2. The number of anilines is 1. The molecule has 0 bridgehead atoms. The number of rotatable bonds is 4. The molecule has 0 unspecified atom stereocenters. The first-order chi connectivity index (χ1) is 8.16. The van der Waals surface area contributed by atoms with Crippen molar-refractivity contribution in [3.63, 3.8) is 0 Å². The van der Waals surface area contributed by atoms with Crippen molar-refractivity contribution in [1.82, 2.24) is 0 Å². The average Bonchev–Trinajstić information content (AvgIpc) is 2.73. The zero-order valence-corrected chi connectivity index (χ0v) is 11.2. The summed E-state index contributed by atoms with van der Waals surface area (Å²) in [6.45, 7) is 2.91. The maximum absolute atomic E-state index is 5.68. The Morgan fingerprint density at radius 3 is 2.71 bits per heavy atom. The Balaban J connectivity index is 2.11. The van der Waals surface area contributed by atoms with Crippen LogP contribution in [0.25, 0.3) is 0 Å². The van der Waals surface area contributed by atoms with Crippen LogP contribution in [0.4, 0.5) is 5.69 Å². The number of nitrogens with one attached hydrogen (secondary N) is 1. The average molecular weight is 262 g/mol. The molecule has 0 aliphatic carbocycles. The van der Waals surface area contributed by atoms with E-state index in [0.717, 1.165) is 17.8 Å². The van der Waals surface area contributed by atoms with Gasteiger partial charge in [-0.05, 0) is 31.2 Å². The van der Waals surface area contributed by atoms with E-state index in [4.69, 9.17) is 18.0 Å². The Bertz CT molecular complexity index is 532. The number of thiophene rings is 1. The van der Waals surface area contributed by atoms with E-state index in [-0.39, 0.29) is 0 Å². The van der Waals surface area contributed by atoms with Crippen molar-refractivity contribution in [1.29, 1.82) is 0 Å². The predicted molar refractivity (Wildman–Crippen MR) is 78.7 cm³/mol. The zero-order chi connectivity index (χ0) is 12.3. The molecule has 0 saturated heterocycles. The quantitative estimate of drug-likeness (QED) is 0.830. The predicted octanol–water partition coefficient (Wildman–Crippen LogP) is 3.30. The van der Waals surface area contributed by atoms with Gasteiger partial charge in [0, 0.05) is 27.5 Å². The van der Waals surface area contributed by atoms with Gasteiger partial charge in [-0.25, -0.2) is 0 Å². The number of benzene rings is 1. The van der Waals surface area contributed by atoms with Gasteiger partial charge in [-0.15, -0.1) is 11.3 Å². The van der Waals surface area contributed by atoms with Crippen molar-refractivity contribution in [2.75, 3.05) is 5.32 Å². The first kappa shape index (κ1) is 12.1. The molecule has 3 N–H and O–H groups in total. The number of nitrogens with two attached hydrogens (primary N) is 1. The summed E-state index contributed by atoms with van der Waals surface area (Å²) in [7, 11) is 0. The van der Waals surface area contributed by atoms with E-state index in [2.05, 4.69) is 24.4 Å². The molecular weight excluding hydrogens is 248 g/mol. The highest BCUT2D eigenvalue weighted by Crippen LogP contribution is 2.19. The lowest BCUT2D eigenvalue weighted by molar-refractivity contribution is 1.19. The fourth-order valence-electron chi connectivity index (χ4n) is 1.61. The molecule has 17 heavy (non-hydrogen) atoms. The number of para-hydroxylation sites is 1. The molecule has 2 nitrogen and oxygen atoms in total. The monoisotopic (exact) mass is 262 g/mol. The van der Waals surface area contributed by atoms with Crippen LogP contribution in [0.3, 0.4) is 0 Å². The molecule has 0 fully saturated rings. The van der Waals surface area contributed by atoms with Gasteiger partial charge in [0.1, 0.15) is 4.99 Å². The molecule has 0 atom stereocenters. The van der Waals surface area contributed by atoms with Gasteiger partial charge in [0.05, 0.1) is 0 Å². The Kier molecular flexibility index (Phi) is 3.76. The van der Waals surface area contributed by atoms with Crippen molar-refractivity contribution in [3.05, 3.63) is 51.7 Å². The molecule has 0 saturated carbocycles. The van der Waals surface area contributed by atoms with Gasteiger partial charge >= 0.3 is 0 Å². The highest BCUT2D eigenvalue weighted by atomic mass is 32.1. The molecule has 2 rings (SSSR count). The van der Waals surface area contributed by atoms with Crippen molar-refractivity contribution in [3.8, 4) is 0 Å². The third-order valence-electron chi connectivity index (χ3n) is 2.44. The van der Waals surface area contributed by atoms with Crippen LogP contribution < -0.4 is 11.1 Å². The highest BCUT2D eigenvalue weighted by Gasteiger charge is 2.04. The molecule has 0 radical (unpaired) electrons. The van der Waals surface area contributed by atoms with Crippen molar-refractivity contribution in [2.45, 2.75) is 13.5 Å². The van der Waals surface area contributed by atoms with Crippen LogP contribution >= 0.6 is 23.6 Å². The maximum Gasteiger partial charge on any atom is 0.106 e. The second kappa shape index (κ2) is 5.29. The minimum absolute atomic E-state index is 0.426. The van der Waals surface area contributed by atoms with E-state index in [9.17, 15) is 0 Å². The SMILES string of the molecule is Cc1ccc(CNc2ccccc2C(N)=S)s1. The van der Waals surface area contributed by atoms with Crippen molar-refractivity contribution >= 4 is 34.2 Å². The molecule has 0 aliphatic rings. The molecule has 88 valence electrons. The van der Waals surface area contributed by atoms with Gasteiger partial charge in [-0.3, -0.25) is 0 Å². The number of hydrogen-bond acceptors (Lipinski definition) is 3. The first-order valence-electron chi connectivity index (χ1n) is 5.35. The third-order valence-corrected chi connectivity index (χ3v) is 3.66. The summed E-state index contributed by atoms with van der Waals surface area (Å²) >= 11 is 6.82. The first-order valence-corrected chi connectivity index (χ1v) is 6.57. The van der Waals surface area contributed by atoms with Crippen molar-refractivity contribution in [2.24, 2.45) is 5.73 Å². The normalized spacial score (nSPS) is 10.2. The molecule has 1 aromatic carbocycles. The van der Waals surface area contributed by atoms with Gasteiger partial charge < -0.3 is 11.1 Å². The second-order valence-corrected chi connectivity index (χ2v) is 5.59. The van der Waals surface area contributed by atoms with Crippen LogP contribution in [0.5, 0.6) is 0 Å². The fraction of sp³-hybridized carbons (Fsp3) is 0.154. The Morgan fingerprint density at radius 2 is 2.06 bits per heavy atom. The van der Waals surface area contributed by atoms with E-state index in [1.54, 1.807) is 11.3 Å². The summed E-state index contributed by atoms with van der Waals surface area (Å²) in [4.78, 5) is 3.06. The summed E-state index contributed by atoms with van der Waals surface area (Å²) in [5, 5.41) is 3.37. The van der Waals surface area contributed by atoms with Gasteiger partial charge in [-0.2, -0.15) is 0 Å². The Hall–Kier alpha value is -1.39. The summed E-state index contributed by atoms with van der Waals surface area (Å²) < 4.78 is 0. The Morgan fingerprint density at radius 1 is 1.29 bits per heavy atom. The molecule has 4 heteroatoms. The van der Waals surface area contributed by atoms with Gasteiger partial charge in [0.2, 0.25) is 0 Å². The van der Waals surface area contributed by atoms with E-state index in [0.29, 0.717) is 4.99 Å². The number of hydrogen-bond donors (Lipinski definition) is 2. The standard InChI is InChI=1S/C13H14N2S2/c1-9-6-7-10(17-9)8-15-12-5-3-2-4-11(12)13(14)16/h2-7,15H,8H2,1H3,(H2,14,16). The maximum atomic E-state index is 5.68.